The van der Waals surface area contributed by atoms with Gasteiger partial charge in [-0.15, -0.1) is 0 Å². The van der Waals surface area contributed by atoms with Crippen LogP contribution in [-0.2, 0) is 0 Å². The van der Waals surface area contributed by atoms with Crippen LogP contribution in [0.1, 0.15) is 19.0 Å². The maximum atomic E-state index is 3.40. The fourth-order valence-corrected chi connectivity index (χ4v) is 1.73. The van der Waals surface area contributed by atoms with Gasteiger partial charge in [0.15, 0.2) is 0 Å². The average Bonchev–Trinajstić information content (AvgIpc) is 2.51. The van der Waals surface area contributed by atoms with Crippen molar-refractivity contribution < 1.29 is 0 Å². The van der Waals surface area contributed by atoms with E-state index in [4.69, 9.17) is 0 Å². The Bertz CT molecular complexity index is 429. The van der Waals surface area contributed by atoms with Gasteiger partial charge in [0.1, 0.15) is 0 Å². The van der Waals surface area contributed by atoms with Crippen LogP contribution in [0.2, 0.25) is 0 Å². The zero-order valence-corrected chi connectivity index (χ0v) is 8.75. The Morgan fingerprint density at radius 1 is 1.29 bits per heavy atom. The van der Waals surface area contributed by atoms with E-state index in [1.54, 1.807) is 0 Å². The molecule has 0 saturated heterocycles. The molecule has 1 aromatic heterocycles. The second-order valence-corrected chi connectivity index (χ2v) is 3.59. The third-order valence-corrected chi connectivity index (χ3v) is 2.41. The third-order valence-electron chi connectivity index (χ3n) is 2.41. The number of rotatable bonds is 3. The minimum Gasteiger partial charge on any atom is -0.326 e. The Morgan fingerprint density at radius 3 is 2.86 bits per heavy atom. The third kappa shape index (κ3) is 1.48. The maximum Gasteiger partial charge on any atom is 0.0695 e. The molecule has 2 rings (SSSR count). The summed E-state index contributed by atoms with van der Waals surface area (Å²) in [5.41, 5.74) is 5.93. The Kier molecular flexibility index (Phi) is 2.44. The van der Waals surface area contributed by atoms with Crippen LogP contribution in [0.5, 0.6) is 0 Å². The van der Waals surface area contributed by atoms with E-state index in [1.807, 2.05) is 0 Å². The van der Waals surface area contributed by atoms with Crippen LogP contribution in [0.15, 0.2) is 30.3 Å². The van der Waals surface area contributed by atoms with Crippen LogP contribution in [0, 0.1) is 6.92 Å². The Labute approximate surface area is 84.5 Å². The fraction of sp³-hybridized carbons (Fsp3) is 0.333. The highest BCUT2D eigenvalue weighted by Crippen LogP contribution is 2.17. The minimum absolute atomic E-state index is 1.01. The van der Waals surface area contributed by atoms with Crippen LogP contribution in [0.4, 0.5) is 0 Å². The van der Waals surface area contributed by atoms with E-state index >= 15 is 0 Å². The van der Waals surface area contributed by atoms with Crippen LogP contribution < -0.4 is 5.43 Å². The molecule has 0 aliphatic rings. The molecular formula is C12H16N2. The van der Waals surface area contributed by atoms with E-state index in [2.05, 4.69) is 54.3 Å². The largest absolute Gasteiger partial charge is 0.326 e. The lowest BCUT2D eigenvalue weighted by Gasteiger charge is -2.10. The van der Waals surface area contributed by atoms with Crippen molar-refractivity contribution in [2.45, 2.75) is 20.3 Å². The van der Waals surface area contributed by atoms with Gasteiger partial charge in [-0.3, -0.25) is 4.68 Å². The summed E-state index contributed by atoms with van der Waals surface area (Å²) in [6.45, 7) is 5.32. The molecule has 14 heavy (non-hydrogen) atoms. The molecule has 0 radical (unpaired) electrons. The average molecular weight is 188 g/mol. The molecule has 0 fully saturated rings. The molecule has 0 aliphatic heterocycles. The van der Waals surface area contributed by atoms with Gasteiger partial charge in [-0.25, -0.2) is 0 Å². The van der Waals surface area contributed by atoms with Crippen molar-refractivity contribution in [2.75, 3.05) is 12.0 Å². The van der Waals surface area contributed by atoms with Gasteiger partial charge in [0.25, 0.3) is 0 Å². The van der Waals surface area contributed by atoms with Crippen molar-refractivity contribution in [3.05, 3.63) is 36.0 Å². The second-order valence-electron chi connectivity index (χ2n) is 3.59. The Balaban J connectivity index is 2.45. The van der Waals surface area contributed by atoms with Crippen LogP contribution in [-0.4, -0.2) is 11.2 Å². The molecule has 0 bridgehead atoms. The molecule has 2 nitrogen and oxygen atoms in total. The topological polar surface area (TPSA) is 17.0 Å². The van der Waals surface area contributed by atoms with Crippen molar-refractivity contribution in [3.8, 4) is 0 Å². The van der Waals surface area contributed by atoms with E-state index in [1.165, 1.54) is 16.6 Å². The van der Waals surface area contributed by atoms with Crippen molar-refractivity contribution in [2.24, 2.45) is 0 Å². The van der Waals surface area contributed by atoms with Gasteiger partial charge in [0.05, 0.1) is 5.52 Å². The maximum absolute atomic E-state index is 3.40. The summed E-state index contributed by atoms with van der Waals surface area (Å²) in [5, 5.41) is 1.30. The lowest BCUT2D eigenvalue weighted by molar-refractivity contribution is 0.812. The monoisotopic (exact) mass is 188 g/mol. The van der Waals surface area contributed by atoms with Gasteiger partial charge in [0.2, 0.25) is 0 Å². The van der Waals surface area contributed by atoms with E-state index < -0.39 is 0 Å². The van der Waals surface area contributed by atoms with Crippen molar-refractivity contribution in [3.63, 3.8) is 0 Å². The zero-order valence-electron chi connectivity index (χ0n) is 8.75. The normalized spacial score (nSPS) is 10.7. The standard InChI is InChI=1S/C12H16N2/c1-3-8-13-14-10(2)9-11-6-4-5-7-12(11)14/h4-7,9,13H,3,8H2,1-2H3. The molecular weight excluding hydrogens is 172 g/mol. The van der Waals surface area contributed by atoms with Gasteiger partial charge >= 0.3 is 0 Å². The Morgan fingerprint density at radius 2 is 2.07 bits per heavy atom. The fourth-order valence-electron chi connectivity index (χ4n) is 1.73. The molecule has 0 aliphatic carbocycles. The zero-order chi connectivity index (χ0) is 9.97. The molecule has 2 heteroatoms. The first-order valence-electron chi connectivity index (χ1n) is 5.14. The number of aryl methyl sites for hydroxylation is 1. The number of hydrogen-bond donors (Lipinski definition) is 1. The summed E-state index contributed by atoms with van der Waals surface area (Å²) < 4.78 is 2.17. The number of aromatic nitrogens is 1. The summed E-state index contributed by atoms with van der Waals surface area (Å²) in [6, 6.07) is 10.6. The minimum atomic E-state index is 1.01. The van der Waals surface area contributed by atoms with Gasteiger partial charge < -0.3 is 5.43 Å². The highest BCUT2D eigenvalue weighted by Gasteiger charge is 2.02. The molecule has 2 aromatic rings. The first kappa shape index (κ1) is 9.13. The molecule has 1 aromatic carbocycles. The number of fused-ring (bicyclic) bond motifs is 1. The van der Waals surface area contributed by atoms with Gasteiger partial charge in [-0.2, -0.15) is 0 Å². The molecule has 0 amide bonds. The summed E-state index contributed by atoms with van der Waals surface area (Å²) in [7, 11) is 0. The van der Waals surface area contributed by atoms with Gasteiger partial charge in [-0.05, 0) is 25.5 Å². The SMILES string of the molecule is CCCNn1c(C)cc2ccccc21. The van der Waals surface area contributed by atoms with Gasteiger partial charge in [0, 0.05) is 17.6 Å². The quantitative estimate of drug-likeness (QED) is 0.783. The highest BCUT2D eigenvalue weighted by atomic mass is 15.4. The molecule has 0 spiro atoms. The molecule has 1 heterocycles. The molecule has 74 valence electrons. The van der Waals surface area contributed by atoms with Crippen molar-refractivity contribution in [1.29, 1.82) is 0 Å². The van der Waals surface area contributed by atoms with E-state index in [0.29, 0.717) is 0 Å². The lowest BCUT2D eigenvalue weighted by atomic mass is 10.2. The van der Waals surface area contributed by atoms with Crippen LogP contribution in [0.3, 0.4) is 0 Å². The second kappa shape index (κ2) is 3.74. The predicted octanol–water partition coefficient (Wildman–Crippen LogP) is 2.90. The molecule has 0 unspecified atom stereocenters. The van der Waals surface area contributed by atoms with E-state index in [0.717, 1.165) is 13.0 Å². The number of nitrogens with one attached hydrogen (secondary N) is 1. The highest BCUT2D eigenvalue weighted by molar-refractivity contribution is 5.81. The van der Waals surface area contributed by atoms with Crippen molar-refractivity contribution in [1.82, 2.24) is 4.68 Å². The smallest absolute Gasteiger partial charge is 0.0695 e. The van der Waals surface area contributed by atoms with E-state index in [9.17, 15) is 0 Å². The van der Waals surface area contributed by atoms with Crippen LogP contribution in [0.25, 0.3) is 10.9 Å². The molecule has 1 N–H and O–H groups in total. The lowest BCUT2D eigenvalue weighted by Crippen LogP contribution is -2.16. The van der Waals surface area contributed by atoms with Crippen molar-refractivity contribution >= 4 is 10.9 Å². The number of hydrogen-bond acceptors (Lipinski definition) is 1. The molecule has 0 saturated carbocycles. The van der Waals surface area contributed by atoms with E-state index in [-0.39, 0.29) is 0 Å². The summed E-state index contributed by atoms with van der Waals surface area (Å²) in [6.07, 6.45) is 1.14. The first-order valence-corrected chi connectivity index (χ1v) is 5.14. The number of nitrogens with zero attached hydrogens (tertiary/aromatic N) is 1. The summed E-state index contributed by atoms with van der Waals surface area (Å²) >= 11 is 0. The van der Waals surface area contributed by atoms with Crippen LogP contribution >= 0.6 is 0 Å². The Hall–Kier alpha value is -1.44. The number of benzene rings is 1. The number of para-hydroxylation sites is 1. The predicted molar refractivity (Wildman–Crippen MR) is 61.2 cm³/mol. The first-order chi connectivity index (χ1) is 6.83. The summed E-state index contributed by atoms with van der Waals surface area (Å²) in [4.78, 5) is 0. The molecule has 0 atom stereocenters. The summed E-state index contributed by atoms with van der Waals surface area (Å²) in [5.74, 6) is 0. The van der Waals surface area contributed by atoms with Gasteiger partial charge in [-0.1, -0.05) is 25.1 Å².